The van der Waals surface area contributed by atoms with E-state index in [1.54, 1.807) is 12.3 Å². The molecule has 26 heavy (non-hydrogen) atoms. The molecule has 4 rings (SSSR count). The van der Waals surface area contributed by atoms with Crippen LogP contribution in [0.25, 0.3) is 22.1 Å². The van der Waals surface area contributed by atoms with E-state index in [9.17, 15) is 4.79 Å². The number of furan rings is 1. The van der Waals surface area contributed by atoms with E-state index in [-0.39, 0.29) is 6.61 Å². The third kappa shape index (κ3) is 3.18. The summed E-state index contributed by atoms with van der Waals surface area (Å²) in [5.74, 6) is 1.62. The van der Waals surface area contributed by atoms with Gasteiger partial charge in [-0.3, -0.25) is 0 Å². The summed E-state index contributed by atoms with van der Waals surface area (Å²) < 4.78 is 27.2. The van der Waals surface area contributed by atoms with Crippen LogP contribution in [-0.4, -0.2) is 32.9 Å². The van der Waals surface area contributed by atoms with E-state index in [4.69, 9.17) is 18.6 Å². The molecule has 0 saturated heterocycles. The maximum absolute atomic E-state index is 11.3. The summed E-state index contributed by atoms with van der Waals surface area (Å²) in [6, 6.07) is 11.3. The second-order valence-electron chi connectivity index (χ2n) is 5.88. The Bertz CT molecular complexity index is 943. The third-order valence-electron chi connectivity index (χ3n) is 4.19. The van der Waals surface area contributed by atoms with E-state index >= 15 is 0 Å². The average molecular weight is 354 g/mol. The lowest BCUT2D eigenvalue weighted by atomic mass is 10.0. The molecule has 0 amide bonds. The van der Waals surface area contributed by atoms with Crippen molar-refractivity contribution in [2.75, 3.05) is 26.9 Å². The van der Waals surface area contributed by atoms with E-state index in [1.165, 1.54) is 7.11 Å². The smallest absolute Gasteiger partial charge is 0.343 e. The molecule has 0 radical (unpaired) electrons. The molecule has 2 heterocycles. The van der Waals surface area contributed by atoms with E-state index in [0.717, 1.165) is 40.0 Å². The SMILES string of the molecule is COC(=O)COc1ccc2occ(-c3ccc4c(c3)OCCCO4)c2c1. The van der Waals surface area contributed by atoms with Gasteiger partial charge >= 0.3 is 5.97 Å². The monoisotopic (exact) mass is 354 g/mol. The van der Waals surface area contributed by atoms with Gasteiger partial charge in [0.05, 0.1) is 26.6 Å². The predicted octanol–water partition coefficient (Wildman–Crippen LogP) is 3.81. The first kappa shape index (κ1) is 16.3. The Morgan fingerprint density at radius 2 is 1.92 bits per heavy atom. The standard InChI is InChI=1S/C20H18O6/c1-22-20(21)12-25-14-4-6-17-15(10-14)16(11-26-17)13-3-5-18-19(9-13)24-8-2-7-23-18/h3-6,9-11H,2,7-8,12H2,1H3. The first-order chi connectivity index (χ1) is 12.7. The van der Waals surface area contributed by atoms with E-state index in [0.29, 0.717) is 19.0 Å². The van der Waals surface area contributed by atoms with Crippen LogP contribution < -0.4 is 14.2 Å². The van der Waals surface area contributed by atoms with Crippen LogP contribution in [0.5, 0.6) is 17.2 Å². The van der Waals surface area contributed by atoms with Crippen molar-refractivity contribution in [1.82, 2.24) is 0 Å². The zero-order chi connectivity index (χ0) is 17.9. The Morgan fingerprint density at radius 1 is 1.08 bits per heavy atom. The second kappa shape index (κ2) is 7.00. The molecule has 1 aliphatic rings. The molecule has 3 aromatic rings. The van der Waals surface area contributed by atoms with Gasteiger partial charge in [0.1, 0.15) is 11.3 Å². The van der Waals surface area contributed by atoms with Crippen molar-refractivity contribution in [3.8, 4) is 28.4 Å². The normalized spacial score (nSPS) is 13.3. The van der Waals surface area contributed by atoms with Gasteiger partial charge in [-0.1, -0.05) is 6.07 Å². The number of fused-ring (bicyclic) bond motifs is 2. The molecule has 134 valence electrons. The molecule has 1 aliphatic heterocycles. The minimum Gasteiger partial charge on any atom is -0.490 e. The van der Waals surface area contributed by atoms with Crippen molar-refractivity contribution in [1.29, 1.82) is 0 Å². The van der Waals surface area contributed by atoms with Crippen LogP contribution in [0.3, 0.4) is 0 Å². The molecule has 0 fully saturated rings. The highest BCUT2D eigenvalue weighted by Crippen LogP contribution is 2.38. The number of carbonyl (C=O) groups excluding carboxylic acids is 1. The van der Waals surface area contributed by atoms with Crippen molar-refractivity contribution < 1.29 is 28.2 Å². The van der Waals surface area contributed by atoms with Gasteiger partial charge in [0.25, 0.3) is 0 Å². The minimum atomic E-state index is -0.430. The Labute approximate surface area is 150 Å². The zero-order valence-electron chi connectivity index (χ0n) is 14.3. The Morgan fingerprint density at radius 3 is 2.77 bits per heavy atom. The van der Waals surface area contributed by atoms with Gasteiger partial charge in [0.15, 0.2) is 18.1 Å². The first-order valence-electron chi connectivity index (χ1n) is 8.35. The van der Waals surface area contributed by atoms with Crippen molar-refractivity contribution in [2.45, 2.75) is 6.42 Å². The molecular weight excluding hydrogens is 336 g/mol. The summed E-state index contributed by atoms with van der Waals surface area (Å²) in [6.07, 6.45) is 2.56. The average Bonchev–Trinajstić information content (AvgIpc) is 2.95. The highest BCUT2D eigenvalue weighted by molar-refractivity contribution is 5.95. The fraction of sp³-hybridized carbons (Fsp3) is 0.250. The Kier molecular flexibility index (Phi) is 4.39. The summed E-state index contributed by atoms with van der Waals surface area (Å²) >= 11 is 0. The molecule has 0 atom stereocenters. The lowest BCUT2D eigenvalue weighted by molar-refractivity contribution is -0.142. The molecule has 0 saturated carbocycles. The van der Waals surface area contributed by atoms with Crippen LogP contribution in [0.2, 0.25) is 0 Å². The quantitative estimate of drug-likeness (QED) is 0.664. The van der Waals surface area contributed by atoms with Gasteiger partial charge in [-0.2, -0.15) is 0 Å². The Hall–Kier alpha value is -3.15. The molecule has 6 nitrogen and oxygen atoms in total. The third-order valence-corrected chi connectivity index (χ3v) is 4.19. The van der Waals surface area contributed by atoms with Crippen LogP contribution in [0.4, 0.5) is 0 Å². The lowest BCUT2D eigenvalue weighted by Gasteiger charge is -2.09. The molecule has 0 bridgehead atoms. The van der Waals surface area contributed by atoms with Crippen molar-refractivity contribution in [2.24, 2.45) is 0 Å². The highest BCUT2D eigenvalue weighted by Gasteiger charge is 2.15. The maximum Gasteiger partial charge on any atom is 0.343 e. The summed E-state index contributed by atoms with van der Waals surface area (Å²) in [4.78, 5) is 11.3. The highest BCUT2D eigenvalue weighted by atomic mass is 16.6. The van der Waals surface area contributed by atoms with Crippen molar-refractivity contribution in [3.05, 3.63) is 42.7 Å². The van der Waals surface area contributed by atoms with Gasteiger partial charge in [-0.25, -0.2) is 4.79 Å². The number of ether oxygens (including phenoxy) is 4. The van der Waals surface area contributed by atoms with Crippen molar-refractivity contribution in [3.63, 3.8) is 0 Å². The number of hydrogen-bond donors (Lipinski definition) is 0. The van der Waals surface area contributed by atoms with Gasteiger partial charge in [0.2, 0.25) is 0 Å². The van der Waals surface area contributed by atoms with Crippen LogP contribution in [-0.2, 0) is 9.53 Å². The van der Waals surface area contributed by atoms with Crippen LogP contribution in [0.1, 0.15) is 6.42 Å². The lowest BCUT2D eigenvalue weighted by Crippen LogP contribution is -2.12. The summed E-state index contributed by atoms with van der Waals surface area (Å²) in [6.45, 7) is 1.15. The molecular formula is C20H18O6. The topological polar surface area (TPSA) is 67.1 Å². The molecule has 6 heteroatoms. The number of carbonyl (C=O) groups is 1. The first-order valence-corrected chi connectivity index (χ1v) is 8.35. The summed E-state index contributed by atoms with van der Waals surface area (Å²) in [7, 11) is 1.33. The minimum absolute atomic E-state index is 0.140. The van der Waals surface area contributed by atoms with Crippen LogP contribution >= 0.6 is 0 Å². The molecule has 0 spiro atoms. The number of benzene rings is 2. The predicted molar refractivity (Wildman–Crippen MR) is 94.8 cm³/mol. The van der Waals surface area contributed by atoms with E-state index < -0.39 is 5.97 Å². The van der Waals surface area contributed by atoms with Crippen LogP contribution in [0.15, 0.2) is 47.1 Å². The molecule has 0 aliphatic carbocycles. The summed E-state index contributed by atoms with van der Waals surface area (Å²) in [5.41, 5.74) is 2.61. The van der Waals surface area contributed by atoms with E-state index in [1.807, 2.05) is 30.3 Å². The van der Waals surface area contributed by atoms with Crippen molar-refractivity contribution >= 4 is 16.9 Å². The largest absolute Gasteiger partial charge is 0.490 e. The van der Waals surface area contributed by atoms with Crippen LogP contribution in [0, 0.1) is 0 Å². The molecule has 2 aromatic carbocycles. The maximum atomic E-state index is 11.3. The number of methoxy groups -OCH3 is 1. The molecule has 1 aromatic heterocycles. The Balaban J connectivity index is 1.68. The van der Waals surface area contributed by atoms with Gasteiger partial charge in [-0.05, 0) is 35.9 Å². The number of hydrogen-bond acceptors (Lipinski definition) is 6. The van der Waals surface area contributed by atoms with Gasteiger partial charge in [0, 0.05) is 17.4 Å². The molecule has 0 N–H and O–H groups in total. The zero-order valence-corrected chi connectivity index (χ0v) is 14.3. The number of rotatable bonds is 4. The fourth-order valence-corrected chi connectivity index (χ4v) is 2.85. The van der Waals surface area contributed by atoms with Gasteiger partial charge in [-0.15, -0.1) is 0 Å². The summed E-state index contributed by atoms with van der Waals surface area (Å²) in [5, 5.41) is 0.891. The van der Waals surface area contributed by atoms with Gasteiger partial charge < -0.3 is 23.4 Å². The van der Waals surface area contributed by atoms with E-state index in [2.05, 4.69) is 4.74 Å². The fourth-order valence-electron chi connectivity index (χ4n) is 2.85. The second-order valence-corrected chi connectivity index (χ2v) is 5.88. The number of esters is 1. The molecule has 0 unspecified atom stereocenters.